The van der Waals surface area contributed by atoms with Gasteiger partial charge >= 0.3 is 19.5 Å². The molecule has 0 atom stereocenters. The van der Waals surface area contributed by atoms with E-state index in [-0.39, 0.29) is 35.5 Å². The average molecular weight is 508 g/mol. The van der Waals surface area contributed by atoms with Crippen molar-refractivity contribution in [2.75, 3.05) is 19.6 Å². The van der Waals surface area contributed by atoms with Gasteiger partial charge in [-0.2, -0.15) is 13.2 Å². The summed E-state index contributed by atoms with van der Waals surface area (Å²) in [6.07, 6.45) is -2.62. The first kappa shape index (κ1) is 26.4. The molecule has 0 spiro atoms. The molecule has 13 heteroatoms. The molecule has 0 aliphatic carbocycles. The molecule has 8 nitrogen and oxygen atoms in total. The van der Waals surface area contributed by atoms with Gasteiger partial charge in [0, 0.05) is 12.1 Å². The number of nitro groups is 1. The van der Waals surface area contributed by atoms with Gasteiger partial charge in [0.2, 0.25) is 5.75 Å². The third kappa shape index (κ3) is 7.61. The lowest BCUT2D eigenvalue weighted by atomic mass is 10.2. The summed E-state index contributed by atoms with van der Waals surface area (Å²) in [5.74, 6) is -0.505. The molecule has 0 saturated heterocycles. The molecule has 0 heterocycles. The zero-order valence-electron chi connectivity index (χ0n) is 16.9. The fourth-order valence-electron chi connectivity index (χ4n) is 2.30. The molecule has 0 fully saturated rings. The second-order valence-electron chi connectivity index (χ2n) is 6.18. The van der Waals surface area contributed by atoms with Gasteiger partial charge in [-0.15, -0.1) is 13.2 Å². The highest BCUT2D eigenvalue weighted by Crippen LogP contribution is 2.49. The first-order chi connectivity index (χ1) is 15.5. The minimum atomic E-state index is -4.59. The molecule has 0 amide bonds. The van der Waals surface area contributed by atoms with Crippen molar-refractivity contribution in [2.45, 2.75) is 6.18 Å². The van der Waals surface area contributed by atoms with E-state index in [0.717, 1.165) is 24.3 Å². The van der Waals surface area contributed by atoms with Gasteiger partial charge in [0.15, 0.2) is 6.35 Å². The Balaban J connectivity index is 2.29. The van der Waals surface area contributed by atoms with Crippen LogP contribution in [0.3, 0.4) is 0 Å². The van der Waals surface area contributed by atoms with Crippen LogP contribution in [0.25, 0.3) is 0 Å². The molecular formula is C20H18ClF3NO7P. The van der Waals surface area contributed by atoms with Crippen LogP contribution >= 0.6 is 19.2 Å². The van der Waals surface area contributed by atoms with Crippen molar-refractivity contribution in [3.05, 3.63) is 82.4 Å². The maximum Gasteiger partial charge on any atom is 0.416 e. The summed E-state index contributed by atoms with van der Waals surface area (Å²) in [4.78, 5) is 10.6. The molecule has 2 aromatic rings. The van der Waals surface area contributed by atoms with Crippen LogP contribution in [0.4, 0.5) is 18.9 Å². The van der Waals surface area contributed by atoms with Gasteiger partial charge in [-0.05, 0) is 24.3 Å². The summed E-state index contributed by atoms with van der Waals surface area (Å²) in [7, 11) is -3.83. The molecular weight excluding hydrogens is 490 g/mol. The van der Waals surface area contributed by atoms with Gasteiger partial charge in [-0.25, -0.2) is 0 Å². The fraction of sp³-hybridized carbons (Fsp3) is 0.200. The van der Waals surface area contributed by atoms with E-state index in [2.05, 4.69) is 13.2 Å². The third-order valence-electron chi connectivity index (χ3n) is 3.77. The molecule has 2 rings (SSSR count). The van der Waals surface area contributed by atoms with Crippen LogP contribution in [0.15, 0.2) is 61.7 Å². The van der Waals surface area contributed by atoms with E-state index in [1.807, 2.05) is 0 Å². The molecule has 178 valence electrons. The van der Waals surface area contributed by atoms with E-state index in [9.17, 15) is 27.9 Å². The number of nitro benzene ring substituents is 1. The molecule has 0 aliphatic rings. The number of hydrogen-bond acceptors (Lipinski definition) is 7. The number of ether oxygens (including phenoxy) is 2. The van der Waals surface area contributed by atoms with Gasteiger partial charge in [-0.3, -0.25) is 14.7 Å². The van der Waals surface area contributed by atoms with Crippen molar-refractivity contribution in [1.29, 1.82) is 0 Å². The van der Waals surface area contributed by atoms with E-state index in [0.29, 0.717) is 6.07 Å². The maximum atomic E-state index is 12.8. The molecule has 0 aliphatic heterocycles. The summed E-state index contributed by atoms with van der Waals surface area (Å²) in [6.45, 7) is 6.61. The fourth-order valence-corrected chi connectivity index (χ4v) is 3.71. The largest absolute Gasteiger partial charge is 0.474 e. The van der Waals surface area contributed by atoms with Gasteiger partial charge < -0.3 is 18.5 Å². The van der Waals surface area contributed by atoms with Crippen molar-refractivity contribution < 1.29 is 41.2 Å². The lowest BCUT2D eigenvalue weighted by molar-refractivity contribution is -0.385. The zero-order chi connectivity index (χ0) is 24.6. The van der Waals surface area contributed by atoms with E-state index in [1.165, 1.54) is 18.2 Å². The second kappa shape index (κ2) is 11.3. The van der Waals surface area contributed by atoms with Crippen molar-refractivity contribution >= 4 is 24.9 Å². The lowest BCUT2D eigenvalue weighted by Crippen LogP contribution is -2.07. The van der Waals surface area contributed by atoms with E-state index >= 15 is 0 Å². The van der Waals surface area contributed by atoms with Crippen molar-refractivity contribution in [3.8, 4) is 17.2 Å². The Labute approximate surface area is 191 Å². The minimum absolute atomic E-state index is 0.0360. The predicted octanol–water partition coefficient (Wildman–Crippen LogP) is 6.99. The topological polar surface area (TPSA) is 97.1 Å². The molecule has 0 saturated carbocycles. The van der Waals surface area contributed by atoms with Crippen LogP contribution < -0.4 is 9.47 Å². The Bertz CT molecular complexity index is 1060. The van der Waals surface area contributed by atoms with Gasteiger partial charge in [-0.1, -0.05) is 23.8 Å². The smallest absolute Gasteiger partial charge is 0.416 e. The minimum Gasteiger partial charge on any atom is -0.474 e. The van der Waals surface area contributed by atoms with Crippen LogP contribution in [0.1, 0.15) is 5.56 Å². The number of halogens is 4. The number of benzene rings is 2. The van der Waals surface area contributed by atoms with Crippen molar-refractivity contribution in [2.24, 2.45) is 0 Å². The highest BCUT2D eigenvalue weighted by atomic mass is 35.5. The average Bonchev–Trinajstić information content (AvgIpc) is 2.75. The molecule has 0 N–H and O–H groups in total. The van der Waals surface area contributed by atoms with E-state index in [4.69, 9.17) is 30.1 Å². The summed E-state index contributed by atoms with van der Waals surface area (Å²) in [6, 6.07) is 5.80. The number of rotatable bonds is 12. The SMILES string of the molecule is C=CCOP(=O)(COc1cc(Oc2ccc(C(F)(F)F)cc2Cl)ccc1[N+](=O)[O-])OCC=C. The summed E-state index contributed by atoms with van der Waals surface area (Å²) in [5.41, 5.74) is -1.46. The van der Waals surface area contributed by atoms with Gasteiger partial charge in [0.1, 0.15) is 11.5 Å². The van der Waals surface area contributed by atoms with E-state index < -0.39 is 36.3 Å². The normalized spacial score (nSPS) is 11.6. The van der Waals surface area contributed by atoms with Gasteiger partial charge in [0.25, 0.3) is 0 Å². The van der Waals surface area contributed by atoms with Crippen LogP contribution in [-0.4, -0.2) is 24.5 Å². The van der Waals surface area contributed by atoms with Crippen molar-refractivity contribution in [1.82, 2.24) is 0 Å². The predicted molar refractivity (Wildman–Crippen MR) is 115 cm³/mol. The summed E-state index contributed by atoms with van der Waals surface area (Å²) in [5, 5.41) is 11.0. The molecule has 2 aromatic carbocycles. The Morgan fingerprint density at radius 3 is 2.21 bits per heavy atom. The van der Waals surface area contributed by atoms with Crippen molar-refractivity contribution in [3.63, 3.8) is 0 Å². The molecule has 0 radical (unpaired) electrons. The molecule has 0 aromatic heterocycles. The zero-order valence-corrected chi connectivity index (χ0v) is 18.6. The number of alkyl halides is 3. The molecule has 0 unspecified atom stereocenters. The standard InChI is InChI=1S/C20H18ClF3NO7P/c1-3-9-30-33(28,31-10-4-2)13-29-19-12-15(6-7-17(19)25(26)27)32-18-8-5-14(11-16(18)21)20(22,23)24/h3-8,11-12H,1-2,9-10,13H2. The highest BCUT2D eigenvalue weighted by molar-refractivity contribution is 7.53. The molecule has 33 heavy (non-hydrogen) atoms. The second-order valence-corrected chi connectivity index (χ2v) is 8.59. The third-order valence-corrected chi connectivity index (χ3v) is 5.60. The Hall–Kier alpha value is -2.85. The van der Waals surface area contributed by atoms with E-state index in [1.54, 1.807) is 0 Å². The Morgan fingerprint density at radius 1 is 1.06 bits per heavy atom. The highest BCUT2D eigenvalue weighted by Gasteiger charge is 2.31. The van der Waals surface area contributed by atoms with Crippen LogP contribution in [0.2, 0.25) is 5.02 Å². The Kier molecular flexibility index (Phi) is 9.07. The van der Waals surface area contributed by atoms with Crippen LogP contribution in [0.5, 0.6) is 17.2 Å². The number of hydrogen-bond donors (Lipinski definition) is 0. The van der Waals surface area contributed by atoms with Crippen LogP contribution in [0, 0.1) is 10.1 Å². The van der Waals surface area contributed by atoms with Crippen LogP contribution in [-0.2, 0) is 19.8 Å². The number of nitrogens with zero attached hydrogens (tertiary/aromatic N) is 1. The summed E-state index contributed by atoms with van der Waals surface area (Å²) >= 11 is 5.87. The first-order valence-corrected chi connectivity index (χ1v) is 11.2. The first-order valence-electron chi connectivity index (χ1n) is 9.05. The monoisotopic (exact) mass is 507 g/mol. The summed E-state index contributed by atoms with van der Waals surface area (Å²) < 4.78 is 72.2. The van der Waals surface area contributed by atoms with Gasteiger partial charge in [0.05, 0.1) is 28.7 Å². The molecule has 0 bridgehead atoms. The maximum absolute atomic E-state index is 12.8. The quantitative estimate of drug-likeness (QED) is 0.132. The Morgan fingerprint density at radius 2 is 1.70 bits per heavy atom. The lowest BCUT2D eigenvalue weighted by Gasteiger charge is -2.18.